The number of carbonyl (C=O) groups excluding carboxylic acids is 1. The van der Waals surface area contributed by atoms with E-state index in [-0.39, 0.29) is 23.6 Å². The molecule has 0 amide bonds. The van der Waals surface area contributed by atoms with E-state index in [9.17, 15) is 9.59 Å². The van der Waals surface area contributed by atoms with Gasteiger partial charge in [-0.2, -0.15) is 0 Å². The Morgan fingerprint density at radius 3 is 2.81 bits per heavy atom. The van der Waals surface area contributed by atoms with E-state index in [1.165, 1.54) is 25.3 Å². The van der Waals surface area contributed by atoms with E-state index in [0.29, 0.717) is 5.76 Å². The minimum Gasteiger partial charge on any atom is -0.373 e. The van der Waals surface area contributed by atoms with Gasteiger partial charge in [-0.05, 0) is 19.8 Å². The quantitative estimate of drug-likeness (QED) is 0.881. The number of nitrogens with one attached hydrogen (secondary N) is 1. The van der Waals surface area contributed by atoms with Crippen molar-refractivity contribution in [2.24, 2.45) is 0 Å². The molecule has 1 aliphatic heterocycles. The summed E-state index contributed by atoms with van der Waals surface area (Å²) in [7, 11) is 0. The molecule has 1 aliphatic carbocycles. The van der Waals surface area contributed by atoms with Crippen molar-refractivity contribution in [3.8, 4) is 0 Å². The second-order valence-corrected chi connectivity index (χ2v) is 6.26. The van der Waals surface area contributed by atoms with Gasteiger partial charge in [0.15, 0.2) is 0 Å². The highest BCUT2D eigenvalue weighted by Crippen LogP contribution is 2.34. The van der Waals surface area contributed by atoms with Crippen LogP contribution in [0.4, 0.5) is 0 Å². The molecule has 2 heterocycles. The van der Waals surface area contributed by atoms with Crippen LogP contribution in [-0.2, 0) is 0 Å². The summed E-state index contributed by atoms with van der Waals surface area (Å²) >= 11 is 0. The summed E-state index contributed by atoms with van der Waals surface area (Å²) in [5, 5.41) is 3.46. The molecule has 1 aromatic rings. The normalized spacial score (nSPS) is 22.5. The van der Waals surface area contributed by atoms with Crippen molar-refractivity contribution >= 4 is 5.91 Å². The van der Waals surface area contributed by atoms with Crippen LogP contribution < -0.4 is 10.9 Å². The van der Waals surface area contributed by atoms with E-state index in [1.807, 2.05) is 0 Å². The van der Waals surface area contributed by atoms with Crippen molar-refractivity contribution in [1.29, 1.82) is 0 Å². The van der Waals surface area contributed by atoms with Gasteiger partial charge >= 0.3 is 0 Å². The van der Waals surface area contributed by atoms with Gasteiger partial charge in [-0.3, -0.25) is 14.5 Å². The number of aromatic nitrogens is 1. The average molecular weight is 293 g/mol. The van der Waals surface area contributed by atoms with E-state index < -0.39 is 0 Å². The van der Waals surface area contributed by atoms with E-state index in [2.05, 4.69) is 10.2 Å². The van der Waals surface area contributed by atoms with Crippen molar-refractivity contribution in [1.82, 2.24) is 15.0 Å². The molecule has 0 bridgehead atoms. The van der Waals surface area contributed by atoms with Crippen molar-refractivity contribution in [3.63, 3.8) is 0 Å². The minimum atomic E-state index is -0.370. The van der Waals surface area contributed by atoms with E-state index >= 15 is 0 Å². The van der Waals surface area contributed by atoms with Gasteiger partial charge < -0.3 is 9.84 Å². The molecule has 0 atom stereocenters. The Balaban J connectivity index is 1.77. The summed E-state index contributed by atoms with van der Waals surface area (Å²) in [4.78, 5) is 26.3. The maximum atomic E-state index is 12.4. The number of rotatable bonds is 2. The molecule has 116 valence electrons. The summed E-state index contributed by atoms with van der Waals surface area (Å²) in [6.07, 6.45) is 5.96. The summed E-state index contributed by atoms with van der Waals surface area (Å²) in [5.41, 5.74) is -0.289. The summed E-state index contributed by atoms with van der Waals surface area (Å²) in [6, 6.07) is 1.35. The Morgan fingerprint density at radius 1 is 1.38 bits per heavy atom. The third-order valence-corrected chi connectivity index (χ3v) is 4.78. The largest absolute Gasteiger partial charge is 0.373 e. The summed E-state index contributed by atoms with van der Waals surface area (Å²) in [6.45, 7) is 4.61. The molecule has 0 radical (unpaired) electrons. The van der Waals surface area contributed by atoms with Crippen molar-refractivity contribution < 1.29 is 9.32 Å². The number of piperazine rings is 1. The van der Waals surface area contributed by atoms with Crippen LogP contribution in [0.3, 0.4) is 0 Å². The second-order valence-electron chi connectivity index (χ2n) is 6.26. The first-order valence-corrected chi connectivity index (χ1v) is 7.80. The number of carbonyl (C=O) groups is 1. The fourth-order valence-electron chi connectivity index (χ4n) is 3.68. The molecule has 0 aromatic carbocycles. The lowest BCUT2D eigenvalue weighted by Crippen LogP contribution is -2.63. The lowest BCUT2D eigenvalue weighted by molar-refractivity contribution is 0.0199. The Kier molecular flexibility index (Phi) is 3.99. The molecule has 21 heavy (non-hydrogen) atoms. The van der Waals surface area contributed by atoms with Crippen molar-refractivity contribution in [2.75, 3.05) is 26.2 Å². The van der Waals surface area contributed by atoms with Gasteiger partial charge in [-0.25, -0.2) is 0 Å². The van der Waals surface area contributed by atoms with Crippen LogP contribution in [0.2, 0.25) is 0 Å². The molecule has 3 rings (SSSR count). The monoisotopic (exact) mass is 293 g/mol. The maximum absolute atomic E-state index is 12.4. The van der Waals surface area contributed by atoms with Gasteiger partial charge in [0.2, 0.25) is 0 Å². The van der Waals surface area contributed by atoms with Crippen molar-refractivity contribution in [2.45, 2.75) is 44.6 Å². The topological polar surface area (TPSA) is 67.5 Å². The first-order valence-electron chi connectivity index (χ1n) is 7.80. The molecule has 6 heteroatoms. The van der Waals surface area contributed by atoms with Gasteiger partial charge in [0.05, 0.1) is 6.54 Å². The highest BCUT2D eigenvalue weighted by atomic mass is 16.5. The molecular formula is C15H23N3O3. The van der Waals surface area contributed by atoms with Crippen LogP contribution in [0.1, 0.15) is 42.7 Å². The highest BCUT2D eigenvalue weighted by Gasteiger charge is 2.40. The fraction of sp³-hybridized carbons (Fsp3) is 0.733. The molecule has 1 saturated carbocycles. The Hall–Kier alpha value is -1.40. The predicted octanol–water partition coefficient (Wildman–Crippen LogP) is 0.998. The first-order chi connectivity index (χ1) is 10.1. The lowest BCUT2D eigenvalue weighted by Gasteiger charge is -2.49. The fourth-order valence-corrected chi connectivity index (χ4v) is 3.68. The molecular weight excluding hydrogens is 270 g/mol. The second kappa shape index (κ2) is 5.77. The predicted molar refractivity (Wildman–Crippen MR) is 78.6 cm³/mol. The third kappa shape index (κ3) is 2.82. The van der Waals surface area contributed by atoms with Crippen LogP contribution in [-0.4, -0.2) is 47.3 Å². The van der Waals surface area contributed by atoms with Gasteiger partial charge in [0, 0.05) is 31.2 Å². The third-order valence-electron chi connectivity index (χ3n) is 4.78. The summed E-state index contributed by atoms with van der Waals surface area (Å²) in [5.74, 6) is 0.209. The zero-order chi connectivity index (χ0) is 14.9. The van der Waals surface area contributed by atoms with Crippen LogP contribution in [0, 0.1) is 6.92 Å². The Morgan fingerprint density at radius 2 is 2.14 bits per heavy atom. The Labute approximate surface area is 124 Å². The van der Waals surface area contributed by atoms with Gasteiger partial charge in [-0.1, -0.05) is 19.3 Å². The molecule has 1 N–H and O–H groups in total. The van der Waals surface area contributed by atoms with Crippen LogP contribution in [0.25, 0.3) is 0 Å². The lowest BCUT2D eigenvalue weighted by atomic mass is 9.79. The molecule has 2 aliphatic rings. The molecule has 1 saturated heterocycles. The van der Waals surface area contributed by atoms with Gasteiger partial charge in [-0.15, -0.1) is 4.74 Å². The van der Waals surface area contributed by atoms with Crippen LogP contribution in [0.15, 0.2) is 15.4 Å². The standard InChI is InChI=1S/C15H23N3O3/c1-12-9-13(19)18(21-12)14(20)10-17-8-7-16-11-15(17)5-3-2-4-6-15/h9,16H,2-8,10-11H2,1H3. The number of nitrogens with zero attached hydrogens (tertiary/aromatic N) is 2. The SMILES string of the molecule is Cc1cc(=O)n(C(=O)CN2CCNCC23CCCCC3)o1. The van der Waals surface area contributed by atoms with Crippen molar-refractivity contribution in [3.05, 3.63) is 22.2 Å². The Bertz CT molecular complexity index is 561. The van der Waals surface area contributed by atoms with Crippen LogP contribution >= 0.6 is 0 Å². The molecule has 2 fully saturated rings. The average Bonchev–Trinajstić information content (AvgIpc) is 2.81. The smallest absolute Gasteiger partial charge is 0.290 e. The maximum Gasteiger partial charge on any atom is 0.290 e. The van der Waals surface area contributed by atoms with E-state index in [1.54, 1.807) is 6.92 Å². The first kappa shape index (κ1) is 14.5. The minimum absolute atomic E-state index is 0.0808. The number of hydrogen-bond donors (Lipinski definition) is 1. The molecule has 0 unspecified atom stereocenters. The van der Waals surface area contributed by atoms with E-state index in [0.717, 1.165) is 37.2 Å². The molecule has 6 nitrogen and oxygen atoms in total. The zero-order valence-corrected chi connectivity index (χ0v) is 12.6. The van der Waals surface area contributed by atoms with Gasteiger partial charge in [0.1, 0.15) is 5.76 Å². The number of aryl methyl sites for hydroxylation is 1. The molecule has 1 spiro atoms. The summed E-state index contributed by atoms with van der Waals surface area (Å²) < 4.78 is 6.10. The highest BCUT2D eigenvalue weighted by molar-refractivity contribution is 5.79. The number of hydrogen-bond acceptors (Lipinski definition) is 5. The molecule has 1 aromatic heterocycles. The zero-order valence-electron chi connectivity index (χ0n) is 12.6. The van der Waals surface area contributed by atoms with Gasteiger partial charge in [0.25, 0.3) is 11.5 Å². The van der Waals surface area contributed by atoms with E-state index in [4.69, 9.17) is 4.52 Å². The van der Waals surface area contributed by atoms with Crippen LogP contribution in [0.5, 0.6) is 0 Å².